The summed E-state index contributed by atoms with van der Waals surface area (Å²) in [6, 6.07) is 8.72. The normalized spacial score (nSPS) is 20.5. The van der Waals surface area contributed by atoms with Crippen molar-refractivity contribution in [2.24, 2.45) is 0 Å². The summed E-state index contributed by atoms with van der Waals surface area (Å²) in [4.78, 5) is 0. The highest BCUT2D eigenvalue weighted by molar-refractivity contribution is 5.49. The van der Waals surface area contributed by atoms with Crippen molar-refractivity contribution in [3.8, 4) is 17.9 Å². The fourth-order valence-corrected chi connectivity index (χ4v) is 1.84. The maximum Gasteiger partial charge on any atom is 0.163 e. The molecule has 0 saturated carbocycles. The molecule has 1 heterocycles. The maximum atomic E-state index is 8.92. The number of nitrogens with zero attached hydrogens (tertiary/aromatic N) is 2. The van der Waals surface area contributed by atoms with Crippen LogP contribution in [0.4, 0.5) is 0 Å². The third-order valence-electron chi connectivity index (χ3n) is 2.74. The lowest BCUT2D eigenvalue weighted by molar-refractivity contribution is -0.141. The molecule has 5 nitrogen and oxygen atoms in total. The first-order chi connectivity index (χ1) is 9.04. The summed E-state index contributed by atoms with van der Waals surface area (Å²) >= 11 is 0. The highest BCUT2D eigenvalue weighted by Crippen LogP contribution is 2.23. The Hall–Kier alpha value is -2.08. The third kappa shape index (κ3) is 3.23. The van der Waals surface area contributed by atoms with Crippen LogP contribution in [0.1, 0.15) is 25.0 Å². The molecule has 1 aliphatic rings. The zero-order valence-corrected chi connectivity index (χ0v) is 10.8. The van der Waals surface area contributed by atoms with E-state index in [1.165, 1.54) is 0 Å². The number of benzene rings is 1. The minimum absolute atomic E-state index is 0.129. The minimum atomic E-state index is -0.573. The molecule has 0 radical (unpaired) electrons. The van der Waals surface area contributed by atoms with E-state index in [1.807, 2.05) is 26.0 Å². The maximum absolute atomic E-state index is 8.92. The number of hydrogen-bond acceptors (Lipinski definition) is 5. The number of hydrogen-bond donors (Lipinski definition) is 0. The van der Waals surface area contributed by atoms with Crippen LogP contribution >= 0.6 is 0 Å². The van der Waals surface area contributed by atoms with Crippen LogP contribution in [-0.2, 0) is 9.47 Å². The SMILES string of the molecule is CC1(C)OC[C@H](COc2ccc(C#N)c(C#N)c2)O1. The van der Waals surface area contributed by atoms with Crippen LogP contribution in [0.25, 0.3) is 0 Å². The Kier molecular flexibility index (Phi) is 3.71. The standard InChI is InChI=1S/C14H14N2O3/c1-14(2)18-9-13(19-14)8-17-12-4-3-10(6-15)11(5-12)7-16/h3-5,13H,8-9H2,1-2H3/t13-/m0/s1. The van der Waals surface area contributed by atoms with Gasteiger partial charge in [0.05, 0.1) is 17.7 Å². The van der Waals surface area contributed by atoms with Gasteiger partial charge in [0, 0.05) is 0 Å². The van der Waals surface area contributed by atoms with Gasteiger partial charge in [-0.1, -0.05) is 0 Å². The molecule has 1 atom stereocenters. The number of ether oxygens (including phenoxy) is 3. The van der Waals surface area contributed by atoms with Gasteiger partial charge in [0.2, 0.25) is 0 Å². The molecule has 5 heteroatoms. The van der Waals surface area contributed by atoms with Crippen molar-refractivity contribution in [3.63, 3.8) is 0 Å². The summed E-state index contributed by atoms with van der Waals surface area (Å²) in [5, 5.41) is 17.7. The smallest absolute Gasteiger partial charge is 0.163 e. The summed E-state index contributed by atoms with van der Waals surface area (Å²) in [7, 11) is 0. The van der Waals surface area contributed by atoms with E-state index in [9.17, 15) is 0 Å². The van der Waals surface area contributed by atoms with Crippen LogP contribution in [0.5, 0.6) is 5.75 Å². The van der Waals surface area contributed by atoms with Crippen molar-refractivity contribution in [2.75, 3.05) is 13.2 Å². The highest BCUT2D eigenvalue weighted by Gasteiger charge is 2.32. The molecular weight excluding hydrogens is 244 g/mol. The largest absolute Gasteiger partial charge is 0.491 e. The second kappa shape index (κ2) is 5.27. The molecule has 0 bridgehead atoms. The van der Waals surface area contributed by atoms with Crippen molar-refractivity contribution in [1.82, 2.24) is 0 Å². The van der Waals surface area contributed by atoms with Gasteiger partial charge in [0.1, 0.15) is 30.6 Å². The van der Waals surface area contributed by atoms with E-state index < -0.39 is 5.79 Å². The van der Waals surface area contributed by atoms with Gasteiger partial charge in [-0.3, -0.25) is 0 Å². The van der Waals surface area contributed by atoms with Crippen molar-refractivity contribution in [3.05, 3.63) is 29.3 Å². The molecule has 0 aliphatic carbocycles. The lowest BCUT2D eigenvalue weighted by atomic mass is 10.1. The lowest BCUT2D eigenvalue weighted by Gasteiger charge is -2.17. The molecular formula is C14H14N2O3. The van der Waals surface area contributed by atoms with E-state index >= 15 is 0 Å². The lowest BCUT2D eigenvalue weighted by Crippen LogP contribution is -2.25. The Morgan fingerprint density at radius 2 is 2.05 bits per heavy atom. The van der Waals surface area contributed by atoms with Crippen molar-refractivity contribution in [1.29, 1.82) is 10.5 Å². The van der Waals surface area contributed by atoms with Crippen LogP contribution in [0.3, 0.4) is 0 Å². The predicted octanol–water partition coefficient (Wildman–Crippen LogP) is 1.96. The molecule has 19 heavy (non-hydrogen) atoms. The quantitative estimate of drug-likeness (QED) is 0.828. The van der Waals surface area contributed by atoms with Crippen molar-refractivity contribution < 1.29 is 14.2 Å². The predicted molar refractivity (Wildman–Crippen MR) is 66.3 cm³/mol. The van der Waals surface area contributed by atoms with E-state index in [0.29, 0.717) is 30.1 Å². The van der Waals surface area contributed by atoms with E-state index in [2.05, 4.69) is 0 Å². The molecule has 0 N–H and O–H groups in total. The molecule has 0 spiro atoms. The van der Waals surface area contributed by atoms with E-state index in [4.69, 9.17) is 24.7 Å². The summed E-state index contributed by atoms with van der Waals surface area (Å²) in [6.07, 6.45) is -0.129. The second-order valence-electron chi connectivity index (χ2n) is 4.69. The molecule has 1 aromatic carbocycles. The Morgan fingerprint density at radius 3 is 2.63 bits per heavy atom. The van der Waals surface area contributed by atoms with E-state index in [1.54, 1.807) is 18.2 Å². The highest BCUT2D eigenvalue weighted by atomic mass is 16.7. The summed E-state index contributed by atoms with van der Waals surface area (Å²) in [6.45, 7) is 4.53. The van der Waals surface area contributed by atoms with Gasteiger partial charge in [0.25, 0.3) is 0 Å². The second-order valence-corrected chi connectivity index (χ2v) is 4.69. The van der Waals surface area contributed by atoms with Crippen molar-refractivity contribution in [2.45, 2.75) is 25.7 Å². The van der Waals surface area contributed by atoms with Crippen molar-refractivity contribution >= 4 is 0 Å². The average molecular weight is 258 g/mol. The van der Waals surface area contributed by atoms with Gasteiger partial charge in [-0.25, -0.2) is 0 Å². The van der Waals surface area contributed by atoms with Gasteiger partial charge < -0.3 is 14.2 Å². The Labute approximate surface area is 111 Å². The van der Waals surface area contributed by atoms with Crippen LogP contribution in [0.2, 0.25) is 0 Å². The zero-order chi connectivity index (χ0) is 13.9. The Balaban J connectivity index is 1.98. The first-order valence-corrected chi connectivity index (χ1v) is 5.93. The Morgan fingerprint density at radius 1 is 1.32 bits per heavy atom. The summed E-state index contributed by atoms with van der Waals surface area (Å²) in [5.41, 5.74) is 0.653. The molecule has 1 aromatic rings. The van der Waals surface area contributed by atoms with Crippen LogP contribution < -0.4 is 4.74 Å². The molecule has 0 unspecified atom stereocenters. The Bertz CT molecular complexity index is 555. The fraction of sp³-hybridized carbons (Fsp3) is 0.429. The zero-order valence-electron chi connectivity index (χ0n) is 10.8. The minimum Gasteiger partial charge on any atom is -0.491 e. The molecule has 1 fully saturated rings. The molecule has 2 rings (SSSR count). The van der Waals surface area contributed by atoms with Gasteiger partial charge in [-0.15, -0.1) is 0 Å². The first-order valence-electron chi connectivity index (χ1n) is 5.93. The molecule has 98 valence electrons. The van der Waals surface area contributed by atoms with Crippen LogP contribution in [0.15, 0.2) is 18.2 Å². The van der Waals surface area contributed by atoms with E-state index in [0.717, 1.165) is 0 Å². The number of rotatable bonds is 3. The summed E-state index contributed by atoms with van der Waals surface area (Å²) in [5.74, 6) is -0.0277. The summed E-state index contributed by atoms with van der Waals surface area (Å²) < 4.78 is 16.6. The fourth-order valence-electron chi connectivity index (χ4n) is 1.84. The molecule has 0 amide bonds. The first kappa shape index (κ1) is 13.4. The van der Waals surface area contributed by atoms with Gasteiger partial charge in [-0.2, -0.15) is 10.5 Å². The van der Waals surface area contributed by atoms with Gasteiger partial charge in [-0.05, 0) is 32.0 Å². The van der Waals surface area contributed by atoms with Crippen LogP contribution in [-0.4, -0.2) is 25.1 Å². The van der Waals surface area contributed by atoms with E-state index in [-0.39, 0.29) is 6.10 Å². The van der Waals surface area contributed by atoms with Gasteiger partial charge >= 0.3 is 0 Å². The monoisotopic (exact) mass is 258 g/mol. The third-order valence-corrected chi connectivity index (χ3v) is 2.74. The van der Waals surface area contributed by atoms with Gasteiger partial charge in [0.15, 0.2) is 5.79 Å². The molecule has 1 aliphatic heterocycles. The average Bonchev–Trinajstić information content (AvgIpc) is 2.75. The topological polar surface area (TPSA) is 75.3 Å². The van der Waals surface area contributed by atoms with Crippen LogP contribution in [0, 0.1) is 22.7 Å². The number of nitriles is 2. The molecule has 0 aromatic heterocycles. The molecule has 1 saturated heterocycles.